The van der Waals surface area contributed by atoms with Crippen molar-refractivity contribution < 1.29 is 4.92 Å². The van der Waals surface area contributed by atoms with E-state index < -0.39 is 4.92 Å². The Bertz CT molecular complexity index is 402. The van der Waals surface area contributed by atoms with Gasteiger partial charge in [0, 0.05) is 19.3 Å². The molecule has 1 aromatic heterocycles. The third kappa shape index (κ3) is 1.91. The monoisotopic (exact) mass is 222 g/mol. The van der Waals surface area contributed by atoms with E-state index in [1.54, 1.807) is 0 Å². The summed E-state index contributed by atoms with van der Waals surface area (Å²) < 4.78 is 0. The molecule has 0 aliphatic carbocycles. The molecule has 1 aliphatic rings. The van der Waals surface area contributed by atoms with Crippen LogP contribution >= 0.6 is 0 Å². The highest BCUT2D eigenvalue weighted by Crippen LogP contribution is 2.32. The van der Waals surface area contributed by atoms with Crippen LogP contribution in [0, 0.1) is 10.1 Å². The lowest BCUT2D eigenvalue weighted by Gasteiger charge is -2.27. The predicted molar refractivity (Wildman–Crippen MR) is 61.4 cm³/mol. The molecule has 0 saturated carbocycles. The zero-order valence-electron chi connectivity index (χ0n) is 8.93. The van der Waals surface area contributed by atoms with E-state index in [2.05, 4.69) is 4.98 Å². The van der Waals surface area contributed by atoms with E-state index in [1.165, 1.54) is 18.7 Å². The highest BCUT2D eigenvalue weighted by molar-refractivity contribution is 5.71. The molecular formula is C10H14N4O2. The minimum absolute atomic E-state index is 0.0654. The lowest BCUT2D eigenvalue weighted by molar-refractivity contribution is -0.383. The lowest BCUT2D eigenvalue weighted by atomic mass is 10.1. The van der Waals surface area contributed by atoms with Crippen molar-refractivity contribution in [1.29, 1.82) is 0 Å². The molecule has 16 heavy (non-hydrogen) atoms. The van der Waals surface area contributed by atoms with Crippen LogP contribution in [0.1, 0.15) is 19.3 Å². The largest absolute Gasteiger partial charge is 0.393 e. The van der Waals surface area contributed by atoms with Gasteiger partial charge in [0.2, 0.25) is 5.82 Å². The van der Waals surface area contributed by atoms with Crippen LogP contribution in [0.15, 0.2) is 12.3 Å². The fourth-order valence-corrected chi connectivity index (χ4v) is 1.98. The van der Waals surface area contributed by atoms with Gasteiger partial charge in [-0.3, -0.25) is 10.1 Å². The van der Waals surface area contributed by atoms with Crippen molar-refractivity contribution in [2.45, 2.75) is 19.3 Å². The molecule has 1 aromatic rings. The summed E-state index contributed by atoms with van der Waals surface area (Å²) in [5, 5.41) is 10.9. The van der Waals surface area contributed by atoms with Crippen molar-refractivity contribution in [2.24, 2.45) is 0 Å². The van der Waals surface area contributed by atoms with Gasteiger partial charge in [0.1, 0.15) is 5.69 Å². The molecule has 6 nitrogen and oxygen atoms in total. The van der Waals surface area contributed by atoms with Gasteiger partial charge in [-0.25, -0.2) is 4.98 Å². The molecule has 0 radical (unpaired) electrons. The Morgan fingerprint density at radius 2 is 2.06 bits per heavy atom. The topological polar surface area (TPSA) is 85.3 Å². The number of anilines is 2. The number of piperidine rings is 1. The van der Waals surface area contributed by atoms with Crippen molar-refractivity contribution in [1.82, 2.24) is 4.98 Å². The van der Waals surface area contributed by atoms with Crippen LogP contribution in [-0.4, -0.2) is 23.0 Å². The minimum Gasteiger partial charge on any atom is -0.393 e. The number of nitrogen functional groups attached to an aromatic ring is 1. The van der Waals surface area contributed by atoms with Crippen LogP contribution < -0.4 is 10.6 Å². The zero-order chi connectivity index (χ0) is 11.5. The van der Waals surface area contributed by atoms with Gasteiger partial charge in [-0.1, -0.05) is 0 Å². The molecule has 0 amide bonds. The number of rotatable bonds is 2. The molecule has 0 bridgehead atoms. The van der Waals surface area contributed by atoms with E-state index in [-0.39, 0.29) is 11.4 Å². The summed E-state index contributed by atoms with van der Waals surface area (Å²) in [5.74, 6) is 0.407. The summed E-state index contributed by atoms with van der Waals surface area (Å²) in [5.41, 5.74) is 5.74. The van der Waals surface area contributed by atoms with Gasteiger partial charge in [0.25, 0.3) is 0 Å². The van der Waals surface area contributed by atoms with Crippen LogP contribution in [0.2, 0.25) is 0 Å². The Balaban J connectivity index is 2.38. The van der Waals surface area contributed by atoms with Gasteiger partial charge >= 0.3 is 5.69 Å². The third-order valence-corrected chi connectivity index (χ3v) is 2.77. The van der Waals surface area contributed by atoms with Crippen LogP contribution in [-0.2, 0) is 0 Å². The van der Waals surface area contributed by atoms with Crippen molar-refractivity contribution in [3.63, 3.8) is 0 Å². The summed E-state index contributed by atoms with van der Waals surface area (Å²) in [6.07, 6.45) is 4.79. The normalized spacial score (nSPS) is 16.1. The van der Waals surface area contributed by atoms with Gasteiger partial charge in [-0.15, -0.1) is 0 Å². The molecule has 1 aliphatic heterocycles. The average molecular weight is 222 g/mol. The molecule has 2 heterocycles. The summed E-state index contributed by atoms with van der Waals surface area (Å²) in [6, 6.07) is 1.46. The van der Waals surface area contributed by atoms with Crippen molar-refractivity contribution >= 4 is 17.2 Å². The molecule has 6 heteroatoms. The third-order valence-electron chi connectivity index (χ3n) is 2.77. The number of hydrogen-bond acceptors (Lipinski definition) is 5. The predicted octanol–water partition coefficient (Wildman–Crippen LogP) is 1.56. The van der Waals surface area contributed by atoms with Crippen molar-refractivity contribution in [2.75, 3.05) is 23.7 Å². The first-order chi connectivity index (χ1) is 7.70. The van der Waals surface area contributed by atoms with Gasteiger partial charge in [-0.2, -0.15) is 0 Å². The van der Waals surface area contributed by atoms with Crippen LogP contribution in [0.3, 0.4) is 0 Å². The first-order valence-corrected chi connectivity index (χ1v) is 5.34. The molecule has 0 aromatic carbocycles. The van der Waals surface area contributed by atoms with Crippen LogP contribution in [0.4, 0.5) is 17.2 Å². The summed E-state index contributed by atoms with van der Waals surface area (Å²) in [7, 11) is 0. The zero-order valence-corrected chi connectivity index (χ0v) is 8.93. The van der Waals surface area contributed by atoms with E-state index in [0.29, 0.717) is 5.82 Å². The molecular weight excluding hydrogens is 208 g/mol. The van der Waals surface area contributed by atoms with E-state index >= 15 is 0 Å². The molecule has 86 valence electrons. The van der Waals surface area contributed by atoms with Gasteiger partial charge < -0.3 is 10.6 Å². The maximum absolute atomic E-state index is 10.9. The Morgan fingerprint density at radius 1 is 1.38 bits per heavy atom. The summed E-state index contributed by atoms with van der Waals surface area (Å²) in [6.45, 7) is 1.63. The standard InChI is InChI=1S/C10H14N4O2/c11-8-4-5-12-10(9(8)14(15)16)13-6-2-1-3-7-13/h4-5H,1-3,6-7H2,(H2,11,12). The summed E-state index contributed by atoms with van der Waals surface area (Å²) in [4.78, 5) is 16.5. The SMILES string of the molecule is Nc1ccnc(N2CCCCC2)c1[N+](=O)[O-]. The minimum atomic E-state index is -0.452. The van der Waals surface area contributed by atoms with E-state index in [1.807, 2.05) is 4.90 Å². The lowest BCUT2D eigenvalue weighted by Crippen LogP contribution is -2.30. The quantitative estimate of drug-likeness (QED) is 0.606. The second-order valence-corrected chi connectivity index (χ2v) is 3.88. The Morgan fingerprint density at radius 3 is 2.69 bits per heavy atom. The van der Waals surface area contributed by atoms with Gasteiger partial charge in [0.15, 0.2) is 0 Å². The molecule has 2 rings (SSSR count). The average Bonchev–Trinajstić information content (AvgIpc) is 2.29. The maximum atomic E-state index is 10.9. The van der Waals surface area contributed by atoms with E-state index in [4.69, 9.17) is 5.73 Å². The Labute approximate surface area is 93.2 Å². The molecule has 2 N–H and O–H groups in total. The number of hydrogen-bond donors (Lipinski definition) is 1. The van der Waals surface area contributed by atoms with Crippen LogP contribution in [0.5, 0.6) is 0 Å². The number of pyridine rings is 1. The molecule has 0 unspecified atom stereocenters. The van der Waals surface area contributed by atoms with Crippen molar-refractivity contribution in [3.8, 4) is 0 Å². The fraction of sp³-hybridized carbons (Fsp3) is 0.500. The second kappa shape index (κ2) is 4.34. The number of nitro groups is 1. The number of nitrogens with zero attached hydrogens (tertiary/aromatic N) is 3. The smallest absolute Gasteiger partial charge is 0.334 e. The van der Waals surface area contributed by atoms with E-state index in [0.717, 1.165) is 25.9 Å². The van der Waals surface area contributed by atoms with Gasteiger partial charge in [0.05, 0.1) is 4.92 Å². The van der Waals surface area contributed by atoms with Gasteiger partial charge in [-0.05, 0) is 25.3 Å². The maximum Gasteiger partial charge on any atom is 0.334 e. The van der Waals surface area contributed by atoms with E-state index in [9.17, 15) is 10.1 Å². The Kier molecular flexibility index (Phi) is 2.89. The fourth-order valence-electron chi connectivity index (χ4n) is 1.98. The Hall–Kier alpha value is -1.85. The molecule has 0 atom stereocenters. The molecule has 0 spiro atoms. The highest BCUT2D eigenvalue weighted by Gasteiger charge is 2.25. The van der Waals surface area contributed by atoms with Crippen LogP contribution in [0.25, 0.3) is 0 Å². The first-order valence-electron chi connectivity index (χ1n) is 5.34. The number of aromatic nitrogens is 1. The first kappa shape index (κ1) is 10.7. The second-order valence-electron chi connectivity index (χ2n) is 3.88. The number of nitrogens with two attached hydrogens (primary N) is 1. The summed E-state index contributed by atoms with van der Waals surface area (Å²) >= 11 is 0. The molecule has 1 saturated heterocycles. The van der Waals surface area contributed by atoms with Crippen molar-refractivity contribution in [3.05, 3.63) is 22.4 Å². The highest BCUT2D eigenvalue weighted by atomic mass is 16.6. The molecule has 1 fully saturated rings.